The number of halogens is 1. The molecule has 1 aromatic heterocycles. The lowest BCUT2D eigenvalue weighted by molar-refractivity contribution is -0.384. The van der Waals surface area contributed by atoms with E-state index in [2.05, 4.69) is 17.1 Å². The van der Waals surface area contributed by atoms with Crippen molar-refractivity contribution >= 4 is 23.2 Å². The third-order valence-electron chi connectivity index (χ3n) is 5.11. The molecule has 1 fully saturated rings. The second kappa shape index (κ2) is 9.21. The lowest BCUT2D eigenvalue weighted by Gasteiger charge is -2.33. The standard InChI is InChI=1S/C20H24ClN3O4/c1-14-5-2-3-11-23(14)12-4-10-22-20(25)19-9-8-18(28-19)16-7-6-15(24(26)27)13-17(16)21/h6-9,13-14H,2-5,10-12H2,1H3,(H,22,25)/t14-/m1/s1. The Kier molecular flexibility index (Phi) is 6.70. The number of likely N-dealkylation sites (tertiary alicyclic amines) is 1. The van der Waals surface area contributed by atoms with Crippen LogP contribution >= 0.6 is 11.6 Å². The molecule has 0 bridgehead atoms. The summed E-state index contributed by atoms with van der Waals surface area (Å²) in [4.78, 5) is 25.1. The molecule has 3 rings (SSSR count). The summed E-state index contributed by atoms with van der Waals surface area (Å²) < 4.78 is 5.60. The van der Waals surface area contributed by atoms with Gasteiger partial charge in [0.15, 0.2) is 5.76 Å². The van der Waals surface area contributed by atoms with Crippen LogP contribution in [0, 0.1) is 10.1 Å². The van der Waals surface area contributed by atoms with Crippen LogP contribution in [-0.2, 0) is 0 Å². The van der Waals surface area contributed by atoms with Crippen LogP contribution < -0.4 is 5.32 Å². The molecule has 2 heterocycles. The Balaban J connectivity index is 1.53. The van der Waals surface area contributed by atoms with Crippen molar-refractivity contribution in [2.45, 2.75) is 38.6 Å². The van der Waals surface area contributed by atoms with Crippen molar-refractivity contribution in [1.82, 2.24) is 10.2 Å². The van der Waals surface area contributed by atoms with Crippen molar-refractivity contribution in [2.75, 3.05) is 19.6 Å². The van der Waals surface area contributed by atoms with E-state index in [-0.39, 0.29) is 22.4 Å². The van der Waals surface area contributed by atoms with Gasteiger partial charge in [-0.05, 0) is 50.9 Å². The highest BCUT2D eigenvalue weighted by molar-refractivity contribution is 6.33. The Morgan fingerprint density at radius 2 is 2.18 bits per heavy atom. The van der Waals surface area contributed by atoms with Crippen LogP contribution in [0.1, 0.15) is 43.2 Å². The predicted octanol–water partition coefficient (Wildman–Crippen LogP) is 4.50. The molecule has 1 amide bonds. The number of hydrogen-bond acceptors (Lipinski definition) is 5. The quantitative estimate of drug-likeness (QED) is 0.416. The molecule has 2 aromatic rings. The van der Waals surface area contributed by atoms with Gasteiger partial charge in [-0.1, -0.05) is 18.0 Å². The van der Waals surface area contributed by atoms with Gasteiger partial charge in [-0.3, -0.25) is 14.9 Å². The van der Waals surface area contributed by atoms with E-state index in [4.69, 9.17) is 16.0 Å². The summed E-state index contributed by atoms with van der Waals surface area (Å²) in [5, 5.41) is 13.9. The molecule has 1 N–H and O–H groups in total. The molecule has 1 saturated heterocycles. The number of nitro groups is 1. The summed E-state index contributed by atoms with van der Waals surface area (Å²) in [5.41, 5.74) is 0.409. The Morgan fingerprint density at radius 1 is 1.36 bits per heavy atom. The monoisotopic (exact) mass is 405 g/mol. The second-order valence-corrected chi connectivity index (χ2v) is 7.48. The molecule has 1 aliphatic heterocycles. The van der Waals surface area contributed by atoms with Gasteiger partial charge in [0.05, 0.1) is 9.95 Å². The van der Waals surface area contributed by atoms with Gasteiger partial charge in [0.2, 0.25) is 0 Å². The van der Waals surface area contributed by atoms with Crippen molar-refractivity contribution in [3.8, 4) is 11.3 Å². The van der Waals surface area contributed by atoms with Crippen LogP contribution in [0.3, 0.4) is 0 Å². The minimum absolute atomic E-state index is 0.0960. The molecule has 28 heavy (non-hydrogen) atoms. The van der Waals surface area contributed by atoms with E-state index >= 15 is 0 Å². The Morgan fingerprint density at radius 3 is 2.89 bits per heavy atom. The summed E-state index contributed by atoms with van der Waals surface area (Å²) in [6.07, 6.45) is 4.68. The molecule has 1 aromatic carbocycles. The van der Waals surface area contributed by atoms with Crippen LogP contribution in [0.2, 0.25) is 5.02 Å². The number of nitrogens with zero attached hydrogens (tertiary/aromatic N) is 2. The summed E-state index contributed by atoms with van der Waals surface area (Å²) >= 11 is 6.12. The fourth-order valence-corrected chi connectivity index (χ4v) is 3.75. The largest absolute Gasteiger partial charge is 0.451 e. The van der Waals surface area contributed by atoms with Gasteiger partial charge in [-0.25, -0.2) is 0 Å². The maximum atomic E-state index is 12.3. The Labute approximate surface area is 168 Å². The molecule has 1 aliphatic rings. The van der Waals surface area contributed by atoms with Crippen LogP contribution in [0.4, 0.5) is 5.69 Å². The minimum Gasteiger partial charge on any atom is -0.451 e. The average Bonchev–Trinajstić information content (AvgIpc) is 3.16. The third kappa shape index (κ3) is 4.91. The number of rotatable bonds is 7. The zero-order valence-corrected chi connectivity index (χ0v) is 16.6. The van der Waals surface area contributed by atoms with E-state index in [1.54, 1.807) is 12.1 Å². The SMILES string of the molecule is C[C@@H]1CCCCN1CCCNC(=O)c1ccc(-c2ccc([N+](=O)[O-])cc2Cl)o1. The van der Waals surface area contributed by atoms with E-state index in [1.807, 2.05) is 0 Å². The van der Waals surface area contributed by atoms with E-state index in [0.717, 1.165) is 19.5 Å². The minimum atomic E-state index is -0.513. The molecular formula is C20H24ClN3O4. The van der Waals surface area contributed by atoms with Crippen LogP contribution in [-0.4, -0.2) is 41.4 Å². The van der Waals surface area contributed by atoms with Gasteiger partial charge in [-0.2, -0.15) is 0 Å². The maximum absolute atomic E-state index is 12.3. The summed E-state index contributed by atoms with van der Waals surface area (Å²) in [7, 11) is 0. The van der Waals surface area contributed by atoms with E-state index in [9.17, 15) is 14.9 Å². The number of nitro benzene ring substituents is 1. The third-order valence-corrected chi connectivity index (χ3v) is 5.42. The van der Waals surface area contributed by atoms with Gasteiger partial charge in [0.1, 0.15) is 5.76 Å². The van der Waals surface area contributed by atoms with Crippen molar-refractivity contribution in [2.24, 2.45) is 0 Å². The molecule has 0 unspecified atom stereocenters. The maximum Gasteiger partial charge on any atom is 0.287 e. The summed E-state index contributed by atoms with van der Waals surface area (Å²) in [5.74, 6) is 0.305. The smallest absolute Gasteiger partial charge is 0.287 e. The summed E-state index contributed by atoms with van der Waals surface area (Å²) in [6.45, 7) is 4.94. The van der Waals surface area contributed by atoms with Crippen LogP contribution in [0.25, 0.3) is 11.3 Å². The molecule has 8 heteroatoms. The fraction of sp³-hybridized carbons (Fsp3) is 0.450. The molecule has 0 spiro atoms. The van der Waals surface area contributed by atoms with Gasteiger partial charge < -0.3 is 14.6 Å². The zero-order valence-electron chi connectivity index (χ0n) is 15.8. The number of non-ortho nitro benzene ring substituents is 1. The highest BCUT2D eigenvalue weighted by Crippen LogP contribution is 2.32. The van der Waals surface area contributed by atoms with Crippen molar-refractivity contribution in [3.05, 3.63) is 51.2 Å². The first-order chi connectivity index (χ1) is 13.5. The highest BCUT2D eigenvalue weighted by atomic mass is 35.5. The number of amides is 1. The first-order valence-corrected chi connectivity index (χ1v) is 9.90. The number of carbonyl (C=O) groups excluding carboxylic acids is 1. The van der Waals surface area contributed by atoms with Crippen molar-refractivity contribution in [1.29, 1.82) is 0 Å². The normalized spacial score (nSPS) is 17.4. The molecule has 0 saturated carbocycles. The van der Waals surface area contributed by atoms with Gasteiger partial charge in [-0.15, -0.1) is 0 Å². The number of nitrogens with one attached hydrogen (secondary N) is 1. The Hall–Kier alpha value is -2.38. The number of hydrogen-bond donors (Lipinski definition) is 1. The lowest BCUT2D eigenvalue weighted by atomic mass is 10.0. The summed E-state index contributed by atoms with van der Waals surface area (Å²) in [6, 6.07) is 7.96. The van der Waals surface area contributed by atoms with E-state index in [1.165, 1.54) is 37.5 Å². The number of carbonyl (C=O) groups is 1. The molecule has 0 radical (unpaired) electrons. The van der Waals surface area contributed by atoms with Gasteiger partial charge in [0.25, 0.3) is 11.6 Å². The van der Waals surface area contributed by atoms with Crippen LogP contribution in [0.5, 0.6) is 0 Å². The highest BCUT2D eigenvalue weighted by Gasteiger charge is 2.18. The number of benzene rings is 1. The first-order valence-electron chi connectivity index (χ1n) is 9.52. The molecule has 0 aliphatic carbocycles. The van der Waals surface area contributed by atoms with E-state index in [0.29, 0.717) is 23.9 Å². The molecule has 1 atom stereocenters. The first kappa shape index (κ1) is 20.4. The van der Waals surface area contributed by atoms with Crippen LogP contribution in [0.15, 0.2) is 34.7 Å². The van der Waals surface area contributed by atoms with Crippen molar-refractivity contribution < 1.29 is 14.1 Å². The van der Waals surface area contributed by atoms with E-state index < -0.39 is 4.92 Å². The molecule has 7 nitrogen and oxygen atoms in total. The Bertz CT molecular complexity index is 852. The topological polar surface area (TPSA) is 88.6 Å². The number of piperidine rings is 1. The van der Waals surface area contributed by atoms with Crippen molar-refractivity contribution in [3.63, 3.8) is 0 Å². The average molecular weight is 406 g/mol. The molecular weight excluding hydrogens is 382 g/mol. The lowest BCUT2D eigenvalue weighted by Crippen LogP contribution is -2.39. The fourth-order valence-electron chi connectivity index (χ4n) is 3.48. The second-order valence-electron chi connectivity index (χ2n) is 7.08. The zero-order chi connectivity index (χ0) is 20.1. The van der Waals surface area contributed by atoms with Gasteiger partial charge in [0, 0.05) is 36.8 Å². The predicted molar refractivity (Wildman–Crippen MR) is 108 cm³/mol. The van der Waals surface area contributed by atoms with Gasteiger partial charge >= 0.3 is 0 Å². The molecule has 150 valence electrons. The number of furan rings is 1.